The number of anilines is 1. The summed E-state index contributed by atoms with van der Waals surface area (Å²) in [6.07, 6.45) is 0. The van der Waals surface area contributed by atoms with E-state index in [1.807, 2.05) is 35.2 Å². The van der Waals surface area contributed by atoms with Gasteiger partial charge in [0.15, 0.2) is 11.5 Å². The molecule has 2 heterocycles. The van der Waals surface area contributed by atoms with Crippen LogP contribution in [0, 0.1) is 5.82 Å². The molecule has 0 unspecified atom stereocenters. The zero-order valence-corrected chi connectivity index (χ0v) is 19.9. The predicted octanol–water partition coefficient (Wildman–Crippen LogP) is 3.75. The highest BCUT2D eigenvalue weighted by atomic mass is 19.1. The minimum Gasteiger partial charge on any atom is -0.366 e. The Bertz CT molecular complexity index is 1510. The van der Waals surface area contributed by atoms with Crippen LogP contribution in [-0.4, -0.2) is 52.5 Å². The monoisotopic (exact) mass is 484 g/mol. The highest BCUT2D eigenvalue weighted by molar-refractivity contribution is 6.04. The van der Waals surface area contributed by atoms with Crippen molar-refractivity contribution in [3.8, 4) is 0 Å². The van der Waals surface area contributed by atoms with E-state index >= 15 is 0 Å². The van der Waals surface area contributed by atoms with Crippen molar-refractivity contribution in [2.75, 3.05) is 31.1 Å². The fourth-order valence-electron chi connectivity index (χ4n) is 4.54. The van der Waals surface area contributed by atoms with E-state index in [1.54, 1.807) is 41.3 Å². The molecule has 0 bridgehead atoms. The molecule has 1 aliphatic heterocycles. The highest BCUT2D eigenvalue weighted by Crippen LogP contribution is 2.23. The van der Waals surface area contributed by atoms with Crippen LogP contribution >= 0.6 is 0 Å². The van der Waals surface area contributed by atoms with Gasteiger partial charge >= 0.3 is 0 Å². The molecule has 36 heavy (non-hydrogen) atoms. The van der Waals surface area contributed by atoms with E-state index < -0.39 is 5.82 Å². The number of amides is 1. The Morgan fingerprint density at radius 1 is 0.889 bits per heavy atom. The van der Waals surface area contributed by atoms with Crippen molar-refractivity contribution in [2.45, 2.75) is 13.5 Å². The van der Waals surface area contributed by atoms with Crippen molar-refractivity contribution in [3.63, 3.8) is 0 Å². The molecule has 1 aliphatic rings. The molecule has 1 saturated heterocycles. The number of Topliss-reactive ketones (excluding diaryl/α,β-unsaturated/α-hetero) is 1. The SMILES string of the molecule is CC(=O)c1ccc(N2CCN(C(=O)c3nn(Cc4ccccc4)c(=O)c4ccccc34)CC2)c(F)c1. The number of hydrogen-bond donors (Lipinski definition) is 0. The number of piperazine rings is 1. The number of halogens is 1. The molecule has 7 nitrogen and oxygen atoms in total. The number of rotatable bonds is 5. The van der Waals surface area contributed by atoms with E-state index in [2.05, 4.69) is 5.10 Å². The van der Waals surface area contributed by atoms with Gasteiger partial charge in [-0.25, -0.2) is 9.07 Å². The van der Waals surface area contributed by atoms with Gasteiger partial charge in [-0.2, -0.15) is 5.10 Å². The summed E-state index contributed by atoms with van der Waals surface area (Å²) >= 11 is 0. The molecule has 8 heteroatoms. The van der Waals surface area contributed by atoms with Crippen LogP contribution < -0.4 is 10.5 Å². The zero-order chi connectivity index (χ0) is 25.2. The topological polar surface area (TPSA) is 75.5 Å². The van der Waals surface area contributed by atoms with Gasteiger partial charge in [0.1, 0.15) is 5.82 Å². The van der Waals surface area contributed by atoms with Gasteiger partial charge in [0.2, 0.25) is 0 Å². The standard InChI is InChI=1S/C28H25FN4O3/c1-19(34)21-11-12-25(24(29)17-21)31-13-15-32(16-14-31)28(36)26-22-9-5-6-10-23(22)27(35)33(30-26)18-20-7-3-2-4-8-20/h2-12,17H,13-16,18H2,1H3. The lowest BCUT2D eigenvalue weighted by Crippen LogP contribution is -2.49. The summed E-state index contributed by atoms with van der Waals surface area (Å²) in [4.78, 5) is 41.7. The van der Waals surface area contributed by atoms with Crippen molar-refractivity contribution < 1.29 is 14.0 Å². The summed E-state index contributed by atoms with van der Waals surface area (Å²) < 4.78 is 16.0. The fourth-order valence-corrected chi connectivity index (χ4v) is 4.54. The van der Waals surface area contributed by atoms with Gasteiger partial charge in [-0.3, -0.25) is 14.4 Å². The molecule has 3 aromatic carbocycles. The van der Waals surface area contributed by atoms with Crippen molar-refractivity contribution >= 4 is 28.2 Å². The predicted molar refractivity (Wildman–Crippen MR) is 136 cm³/mol. The summed E-state index contributed by atoms with van der Waals surface area (Å²) in [5.41, 5.74) is 1.62. The van der Waals surface area contributed by atoms with E-state index in [1.165, 1.54) is 17.7 Å². The van der Waals surface area contributed by atoms with Crippen LogP contribution in [0.15, 0.2) is 77.6 Å². The van der Waals surface area contributed by atoms with Gasteiger partial charge in [-0.15, -0.1) is 0 Å². The van der Waals surface area contributed by atoms with Crippen LogP contribution in [0.25, 0.3) is 10.8 Å². The van der Waals surface area contributed by atoms with E-state index in [9.17, 15) is 18.8 Å². The van der Waals surface area contributed by atoms with Crippen LogP contribution in [0.4, 0.5) is 10.1 Å². The maximum Gasteiger partial charge on any atom is 0.275 e. The third kappa shape index (κ3) is 4.49. The number of benzene rings is 3. The lowest BCUT2D eigenvalue weighted by molar-refractivity contribution is 0.0740. The maximum atomic E-state index is 14.6. The quantitative estimate of drug-likeness (QED) is 0.404. The molecule has 0 atom stereocenters. The summed E-state index contributed by atoms with van der Waals surface area (Å²) in [6, 6.07) is 21.0. The zero-order valence-electron chi connectivity index (χ0n) is 19.9. The Hall–Kier alpha value is -4.33. The molecule has 0 N–H and O–H groups in total. The molecule has 1 fully saturated rings. The average Bonchev–Trinajstić information content (AvgIpc) is 2.90. The first-order valence-corrected chi connectivity index (χ1v) is 11.8. The maximum absolute atomic E-state index is 14.6. The first-order valence-electron chi connectivity index (χ1n) is 11.8. The van der Waals surface area contributed by atoms with E-state index in [0.29, 0.717) is 48.2 Å². The third-order valence-electron chi connectivity index (χ3n) is 6.51. The largest absolute Gasteiger partial charge is 0.366 e. The Balaban J connectivity index is 1.40. The molecule has 1 amide bonds. The average molecular weight is 485 g/mol. The van der Waals surface area contributed by atoms with Crippen molar-refractivity contribution in [3.05, 3.63) is 106 Å². The minimum atomic E-state index is -0.455. The Morgan fingerprint density at radius 2 is 1.56 bits per heavy atom. The number of fused-ring (bicyclic) bond motifs is 1. The van der Waals surface area contributed by atoms with E-state index in [4.69, 9.17) is 0 Å². The van der Waals surface area contributed by atoms with E-state index in [0.717, 1.165) is 5.56 Å². The van der Waals surface area contributed by atoms with Crippen LogP contribution in [0.3, 0.4) is 0 Å². The molecule has 5 rings (SSSR count). The Kier molecular flexibility index (Phi) is 6.33. The first-order chi connectivity index (χ1) is 17.4. The first kappa shape index (κ1) is 23.4. The van der Waals surface area contributed by atoms with Gasteiger partial charge in [0.25, 0.3) is 11.5 Å². The molecule has 0 saturated carbocycles. The van der Waals surface area contributed by atoms with Crippen LogP contribution in [0.2, 0.25) is 0 Å². The van der Waals surface area contributed by atoms with Crippen molar-refractivity contribution in [2.24, 2.45) is 0 Å². The Morgan fingerprint density at radius 3 is 2.22 bits per heavy atom. The van der Waals surface area contributed by atoms with Gasteiger partial charge in [-0.05, 0) is 36.8 Å². The fraction of sp³-hybridized carbons (Fsp3) is 0.214. The molecule has 182 valence electrons. The number of carbonyl (C=O) groups is 2. The molecule has 0 radical (unpaired) electrons. The molecule has 1 aromatic heterocycles. The summed E-state index contributed by atoms with van der Waals surface area (Å²) in [5, 5.41) is 5.46. The molecule has 0 spiro atoms. The molecule has 0 aliphatic carbocycles. The highest BCUT2D eigenvalue weighted by Gasteiger charge is 2.27. The van der Waals surface area contributed by atoms with Gasteiger partial charge < -0.3 is 9.80 Å². The van der Waals surface area contributed by atoms with Crippen LogP contribution in [0.5, 0.6) is 0 Å². The summed E-state index contributed by atoms with van der Waals surface area (Å²) in [5.74, 6) is -0.910. The Labute approximate surface area is 207 Å². The van der Waals surface area contributed by atoms with Crippen LogP contribution in [0.1, 0.15) is 33.3 Å². The third-order valence-corrected chi connectivity index (χ3v) is 6.51. The van der Waals surface area contributed by atoms with Gasteiger partial charge in [-0.1, -0.05) is 48.5 Å². The lowest BCUT2D eigenvalue weighted by Gasteiger charge is -2.36. The second-order valence-corrected chi connectivity index (χ2v) is 8.84. The number of hydrogen-bond acceptors (Lipinski definition) is 5. The minimum absolute atomic E-state index is 0.191. The number of aromatic nitrogens is 2. The van der Waals surface area contributed by atoms with Gasteiger partial charge in [0, 0.05) is 37.1 Å². The number of nitrogens with zero attached hydrogens (tertiary/aromatic N) is 4. The lowest BCUT2D eigenvalue weighted by atomic mass is 10.1. The number of ketones is 1. The van der Waals surface area contributed by atoms with Crippen molar-refractivity contribution in [1.29, 1.82) is 0 Å². The normalized spacial score (nSPS) is 13.7. The summed E-state index contributed by atoms with van der Waals surface area (Å²) in [6.45, 7) is 3.28. The number of carbonyl (C=O) groups excluding carboxylic acids is 2. The van der Waals surface area contributed by atoms with Crippen LogP contribution in [-0.2, 0) is 6.54 Å². The molecular weight excluding hydrogens is 459 g/mol. The molecule has 4 aromatic rings. The molecular formula is C28H25FN4O3. The summed E-state index contributed by atoms with van der Waals surface area (Å²) in [7, 11) is 0. The van der Waals surface area contributed by atoms with Crippen molar-refractivity contribution in [1.82, 2.24) is 14.7 Å². The van der Waals surface area contributed by atoms with E-state index in [-0.39, 0.29) is 29.5 Å². The smallest absolute Gasteiger partial charge is 0.275 e. The van der Waals surface area contributed by atoms with Gasteiger partial charge in [0.05, 0.1) is 17.6 Å². The second-order valence-electron chi connectivity index (χ2n) is 8.84. The second kappa shape index (κ2) is 9.73.